The third kappa shape index (κ3) is 4.67. The number of esters is 1. The van der Waals surface area contributed by atoms with Gasteiger partial charge in [-0.15, -0.1) is 0 Å². The SMILES string of the molecule is CCOC(=O)c1cn(C2CC2)c2c3c(c(F)cc2c1=O)N1CCCC[C@@H](NC(=O)C(F)(F)F)[C@H]1COC3. The molecule has 0 radical (unpaired) electrons. The lowest BCUT2D eigenvalue weighted by molar-refractivity contribution is -0.174. The summed E-state index contributed by atoms with van der Waals surface area (Å²) in [6.45, 7) is 1.93. The van der Waals surface area contributed by atoms with Crippen LogP contribution in [0, 0.1) is 5.82 Å². The van der Waals surface area contributed by atoms with Crippen LogP contribution in [0.4, 0.5) is 23.2 Å². The van der Waals surface area contributed by atoms with E-state index in [1.54, 1.807) is 16.4 Å². The van der Waals surface area contributed by atoms with Gasteiger partial charge in [0.2, 0.25) is 5.43 Å². The predicted octanol–water partition coefficient (Wildman–Crippen LogP) is 3.59. The highest BCUT2D eigenvalue weighted by Gasteiger charge is 2.43. The van der Waals surface area contributed by atoms with Crippen LogP contribution in [-0.4, -0.2) is 54.5 Å². The number of ether oxygens (including phenoxy) is 2. The number of benzene rings is 1. The van der Waals surface area contributed by atoms with E-state index < -0.39 is 41.4 Å². The van der Waals surface area contributed by atoms with Gasteiger partial charge in [0.15, 0.2) is 0 Å². The summed E-state index contributed by atoms with van der Waals surface area (Å²) >= 11 is 0. The summed E-state index contributed by atoms with van der Waals surface area (Å²) < 4.78 is 67.6. The van der Waals surface area contributed by atoms with Gasteiger partial charge in [0.05, 0.1) is 43.1 Å². The minimum atomic E-state index is -5.04. The Morgan fingerprint density at radius 2 is 1.97 bits per heavy atom. The lowest BCUT2D eigenvalue weighted by atomic mass is 10.0. The second-order valence-electron chi connectivity index (χ2n) is 9.66. The number of carbonyl (C=O) groups is 2. The second-order valence-corrected chi connectivity index (χ2v) is 9.66. The molecule has 2 aromatic rings. The largest absolute Gasteiger partial charge is 0.471 e. The molecule has 2 aliphatic heterocycles. The van der Waals surface area contributed by atoms with Gasteiger partial charge in [-0.3, -0.25) is 9.59 Å². The molecular weight excluding hydrogens is 498 g/mol. The fourth-order valence-corrected chi connectivity index (χ4v) is 5.41. The average molecular weight is 525 g/mol. The first kappa shape index (κ1) is 25.5. The summed E-state index contributed by atoms with van der Waals surface area (Å²) in [5.74, 6) is -3.57. The summed E-state index contributed by atoms with van der Waals surface area (Å²) in [5.41, 5.74) is 0.162. The first-order valence-electron chi connectivity index (χ1n) is 12.4. The Morgan fingerprint density at radius 3 is 2.65 bits per heavy atom. The molecule has 12 heteroatoms. The van der Waals surface area contributed by atoms with E-state index in [4.69, 9.17) is 9.47 Å². The molecule has 3 aliphatic rings. The average Bonchev–Trinajstić information content (AvgIpc) is 3.68. The Morgan fingerprint density at radius 1 is 1.22 bits per heavy atom. The Hall–Kier alpha value is -3.15. The number of nitrogens with one attached hydrogen (secondary N) is 1. The van der Waals surface area contributed by atoms with Crippen molar-refractivity contribution in [2.45, 2.75) is 69.9 Å². The van der Waals surface area contributed by atoms with Gasteiger partial charge in [0, 0.05) is 29.7 Å². The van der Waals surface area contributed by atoms with Crippen LogP contribution >= 0.6 is 0 Å². The van der Waals surface area contributed by atoms with Gasteiger partial charge in [-0.25, -0.2) is 9.18 Å². The normalized spacial score (nSPS) is 22.0. The van der Waals surface area contributed by atoms with E-state index >= 15 is 4.39 Å². The lowest BCUT2D eigenvalue weighted by Crippen LogP contribution is -2.55. The minimum absolute atomic E-state index is 0.00726. The molecule has 3 heterocycles. The monoisotopic (exact) mass is 525 g/mol. The van der Waals surface area contributed by atoms with Crippen molar-refractivity contribution in [3.8, 4) is 0 Å². The van der Waals surface area contributed by atoms with Gasteiger partial charge in [-0.05, 0) is 45.1 Å². The van der Waals surface area contributed by atoms with E-state index in [9.17, 15) is 27.6 Å². The number of alkyl halides is 3. The highest BCUT2D eigenvalue weighted by molar-refractivity contribution is 5.96. The van der Waals surface area contributed by atoms with Gasteiger partial charge < -0.3 is 24.3 Å². The number of carbonyl (C=O) groups excluding carboxylic acids is 2. The van der Waals surface area contributed by atoms with Crippen molar-refractivity contribution in [3.05, 3.63) is 39.4 Å². The van der Waals surface area contributed by atoms with Crippen LogP contribution in [0.2, 0.25) is 0 Å². The summed E-state index contributed by atoms with van der Waals surface area (Å²) in [5, 5.41) is 2.10. The molecule has 1 amide bonds. The van der Waals surface area contributed by atoms with Gasteiger partial charge in [0.25, 0.3) is 0 Å². The number of halogens is 4. The number of amides is 1. The molecule has 2 atom stereocenters. The molecule has 5 rings (SSSR count). The van der Waals surface area contributed by atoms with Crippen molar-refractivity contribution in [1.29, 1.82) is 0 Å². The zero-order valence-corrected chi connectivity index (χ0v) is 20.2. The maximum atomic E-state index is 15.8. The number of aromatic nitrogens is 1. The Balaban J connectivity index is 1.66. The van der Waals surface area contributed by atoms with Gasteiger partial charge in [-0.1, -0.05) is 0 Å². The second kappa shape index (κ2) is 9.62. The summed E-state index contributed by atoms with van der Waals surface area (Å²) in [6, 6.07) is -0.543. The van der Waals surface area contributed by atoms with E-state index in [1.165, 1.54) is 6.20 Å². The minimum Gasteiger partial charge on any atom is -0.462 e. The number of fused-ring (bicyclic) bond motifs is 5. The topological polar surface area (TPSA) is 89.9 Å². The molecular formula is C25H27F4N3O5. The molecule has 8 nitrogen and oxygen atoms in total. The van der Waals surface area contributed by atoms with E-state index in [1.807, 2.05) is 0 Å². The first-order chi connectivity index (χ1) is 17.6. The van der Waals surface area contributed by atoms with Crippen molar-refractivity contribution in [1.82, 2.24) is 9.88 Å². The molecule has 1 saturated carbocycles. The molecule has 1 aliphatic carbocycles. The van der Waals surface area contributed by atoms with Crippen LogP contribution in [0.3, 0.4) is 0 Å². The van der Waals surface area contributed by atoms with Gasteiger partial charge in [0.1, 0.15) is 11.4 Å². The Kier molecular flexibility index (Phi) is 6.63. The molecule has 0 spiro atoms. The highest BCUT2D eigenvalue weighted by Crippen LogP contribution is 2.42. The van der Waals surface area contributed by atoms with Crippen LogP contribution in [0.5, 0.6) is 0 Å². The Bertz CT molecular complexity index is 1300. The molecule has 1 aromatic heterocycles. The fraction of sp³-hybridized carbons (Fsp3) is 0.560. The molecule has 1 saturated heterocycles. The number of hydrogen-bond acceptors (Lipinski definition) is 6. The molecule has 2 fully saturated rings. The van der Waals surface area contributed by atoms with Gasteiger partial charge in [-0.2, -0.15) is 13.2 Å². The number of pyridine rings is 1. The quantitative estimate of drug-likeness (QED) is 0.485. The first-order valence-corrected chi connectivity index (χ1v) is 12.4. The number of hydrogen-bond donors (Lipinski definition) is 1. The third-order valence-corrected chi connectivity index (χ3v) is 7.20. The molecule has 200 valence electrons. The highest BCUT2D eigenvalue weighted by atomic mass is 19.4. The van der Waals surface area contributed by atoms with E-state index in [-0.39, 0.29) is 48.9 Å². The standard InChI is InChI=1S/C25H27F4N3O5/c1-2-37-23(34)15-10-32(13-6-7-13)20-14(22(15)33)9-17(26)21-16(20)11-36-12-19-18(5-3-4-8-31(19)21)30-24(35)25(27,28)29/h9-10,13,18-19H,2-8,11-12H2,1H3,(H,30,35)/t18-,19-/m1/s1. The molecule has 1 aromatic carbocycles. The predicted molar refractivity (Wildman–Crippen MR) is 125 cm³/mol. The number of nitrogens with zero attached hydrogens (tertiary/aromatic N) is 2. The molecule has 37 heavy (non-hydrogen) atoms. The van der Waals surface area contributed by atoms with Crippen LogP contribution in [-0.2, 0) is 20.9 Å². The zero-order chi connectivity index (χ0) is 26.5. The molecule has 1 N–H and O–H groups in total. The molecule has 0 bridgehead atoms. The van der Waals surface area contributed by atoms with Crippen molar-refractivity contribution in [3.63, 3.8) is 0 Å². The van der Waals surface area contributed by atoms with Gasteiger partial charge >= 0.3 is 18.1 Å². The van der Waals surface area contributed by atoms with Crippen LogP contribution in [0.15, 0.2) is 17.1 Å². The third-order valence-electron chi connectivity index (χ3n) is 7.20. The van der Waals surface area contributed by atoms with E-state index in [2.05, 4.69) is 5.32 Å². The van der Waals surface area contributed by atoms with Crippen molar-refractivity contribution in [2.75, 3.05) is 24.7 Å². The Labute approximate surface area is 209 Å². The van der Waals surface area contributed by atoms with Crippen molar-refractivity contribution in [2.24, 2.45) is 0 Å². The summed E-state index contributed by atoms with van der Waals surface area (Å²) in [6.07, 6.45) is -0.573. The van der Waals surface area contributed by atoms with Crippen molar-refractivity contribution >= 4 is 28.5 Å². The molecule has 0 unspecified atom stereocenters. The van der Waals surface area contributed by atoms with E-state index in [0.717, 1.165) is 18.9 Å². The van der Waals surface area contributed by atoms with Crippen LogP contribution < -0.4 is 15.6 Å². The van der Waals surface area contributed by atoms with Crippen molar-refractivity contribution < 1.29 is 36.6 Å². The van der Waals surface area contributed by atoms with Crippen LogP contribution in [0.25, 0.3) is 10.9 Å². The fourth-order valence-electron chi connectivity index (χ4n) is 5.41. The van der Waals surface area contributed by atoms with E-state index in [0.29, 0.717) is 30.5 Å². The van der Waals surface area contributed by atoms with Crippen LogP contribution in [0.1, 0.15) is 61.0 Å². The number of anilines is 1. The summed E-state index contributed by atoms with van der Waals surface area (Å²) in [7, 11) is 0. The lowest BCUT2D eigenvalue weighted by Gasteiger charge is -2.36. The summed E-state index contributed by atoms with van der Waals surface area (Å²) in [4.78, 5) is 39.2. The maximum absolute atomic E-state index is 15.8. The zero-order valence-electron chi connectivity index (χ0n) is 20.2. The smallest absolute Gasteiger partial charge is 0.462 e. The number of rotatable bonds is 4. The maximum Gasteiger partial charge on any atom is 0.471 e.